The summed E-state index contributed by atoms with van der Waals surface area (Å²) in [5, 5.41) is 22.4. The lowest BCUT2D eigenvalue weighted by molar-refractivity contribution is -0.384. The Hall–Kier alpha value is -3.76. The van der Waals surface area contributed by atoms with Crippen LogP contribution in [0.4, 0.5) is 5.69 Å². The van der Waals surface area contributed by atoms with Crippen molar-refractivity contribution in [3.8, 4) is 5.75 Å². The Bertz CT molecular complexity index is 1160. The van der Waals surface area contributed by atoms with Crippen LogP contribution in [0, 0.1) is 10.1 Å². The van der Waals surface area contributed by atoms with Gasteiger partial charge in [0.15, 0.2) is 0 Å². The van der Waals surface area contributed by atoms with E-state index in [1.165, 1.54) is 29.2 Å². The van der Waals surface area contributed by atoms with Crippen LogP contribution in [0.1, 0.15) is 36.9 Å². The third-order valence-electron chi connectivity index (χ3n) is 6.54. The Morgan fingerprint density at radius 2 is 1.76 bits per heavy atom. The average molecular weight is 510 g/mol. The fraction of sp³-hybridized carbons (Fsp3) is 0.407. The molecule has 196 valence electrons. The zero-order valence-corrected chi connectivity index (χ0v) is 20.8. The van der Waals surface area contributed by atoms with Gasteiger partial charge in [0, 0.05) is 43.9 Å². The standard InChI is InChI=1S/C27H31N3O7/c1-2-16-37-22-10-6-20(7-11-22)25(31)23-24(19-4-8-21(9-5-19)30(34)35)29(27(33)26(23)32)13-3-12-28-14-17-36-18-15-28/h4-11,24,31H,2-3,12-18H2,1H3/b25-23+/t24-/m1/s1. The summed E-state index contributed by atoms with van der Waals surface area (Å²) in [5.41, 5.74) is 0.755. The zero-order valence-electron chi connectivity index (χ0n) is 20.8. The Labute approximate surface area is 215 Å². The Morgan fingerprint density at radius 3 is 2.38 bits per heavy atom. The van der Waals surface area contributed by atoms with E-state index in [0.29, 0.717) is 49.7 Å². The van der Waals surface area contributed by atoms with Gasteiger partial charge >= 0.3 is 0 Å². The Kier molecular flexibility index (Phi) is 8.52. The van der Waals surface area contributed by atoms with E-state index < -0.39 is 22.7 Å². The van der Waals surface area contributed by atoms with E-state index >= 15 is 0 Å². The van der Waals surface area contributed by atoms with Crippen molar-refractivity contribution in [2.75, 3.05) is 46.0 Å². The topological polar surface area (TPSA) is 122 Å². The summed E-state index contributed by atoms with van der Waals surface area (Å²) in [4.78, 5) is 40.7. The van der Waals surface area contributed by atoms with Crippen LogP contribution in [-0.4, -0.2) is 77.5 Å². The first-order chi connectivity index (χ1) is 17.9. The van der Waals surface area contributed by atoms with Crippen LogP contribution < -0.4 is 4.74 Å². The summed E-state index contributed by atoms with van der Waals surface area (Å²) in [6, 6.07) is 11.5. The van der Waals surface area contributed by atoms with Gasteiger partial charge in [-0.1, -0.05) is 6.92 Å². The number of ketones is 1. The first-order valence-electron chi connectivity index (χ1n) is 12.5. The third-order valence-corrected chi connectivity index (χ3v) is 6.54. The van der Waals surface area contributed by atoms with E-state index in [1.807, 2.05) is 6.92 Å². The van der Waals surface area contributed by atoms with Crippen LogP contribution in [0.25, 0.3) is 5.76 Å². The van der Waals surface area contributed by atoms with Gasteiger partial charge < -0.3 is 19.5 Å². The molecule has 2 aromatic rings. The monoisotopic (exact) mass is 509 g/mol. The van der Waals surface area contributed by atoms with Crippen LogP contribution in [-0.2, 0) is 14.3 Å². The highest BCUT2D eigenvalue weighted by Crippen LogP contribution is 2.40. The predicted octanol–water partition coefficient (Wildman–Crippen LogP) is 3.53. The predicted molar refractivity (Wildman–Crippen MR) is 136 cm³/mol. The number of likely N-dealkylation sites (tertiary alicyclic amines) is 1. The van der Waals surface area contributed by atoms with Gasteiger partial charge in [-0.25, -0.2) is 0 Å². The van der Waals surface area contributed by atoms with E-state index in [1.54, 1.807) is 24.3 Å². The highest BCUT2D eigenvalue weighted by molar-refractivity contribution is 6.46. The molecule has 0 aliphatic carbocycles. The van der Waals surface area contributed by atoms with Crippen LogP contribution in [0.5, 0.6) is 5.75 Å². The maximum atomic E-state index is 13.2. The van der Waals surface area contributed by atoms with Crippen molar-refractivity contribution in [2.45, 2.75) is 25.8 Å². The molecule has 1 atom stereocenters. The average Bonchev–Trinajstić information content (AvgIpc) is 3.17. The molecule has 0 spiro atoms. The van der Waals surface area contributed by atoms with Gasteiger partial charge in [-0.05, 0) is 54.8 Å². The highest BCUT2D eigenvalue weighted by atomic mass is 16.6. The summed E-state index contributed by atoms with van der Waals surface area (Å²) in [7, 11) is 0. The smallest absolute Gasteiger partial charge is 0.295 e. The largest absolute Gasteiger partial charge is 0.507 e. The van der Waals surface area contributed by atoms with Gasteiger partial charge in [-0.15, -0.1) is 0 Å². The van der Waals surface area contributed by atoms with Crippen molar-refractivity contribution >= 4 is 23.1 Å². The van der Waals surface area contributed by atoms with Crippen molar-refractivity contribution in [1.82, 2.24) is 9.80 Å². The van der Waals surface area contributed by atoms with Gasteiger partial charge in [-0.2, -0.15) is 0 Å². The lowest BCUT2D eigenvalue weighted by Gasteiger charge is -2.29. The first-order valence-corrected chi connectivity index (χ1v) is 12.5. The molecule has 10 nitrogen and oxygen atoms in total. The zero-order chi connectivity index (χ0) is 26.4. The number of nitro groups is 1. The van der Waals surface area contributed by atoms with Crippen molar-refractivity contribution in [1.29, 1.82) is 0 Å². The summed E-state index contributed by atoms with van der Waals surface area (Å²) < 4.78 is 11.0. The van der Waals surface area contributed by atoms with Crippen molar-refractivity contribution in [2.24, 2.45) is 0 Å². The number of nitro benzene ring substituents is 1. The quantitative estimate of drug-likeness (QED) is 0.170. The maximum absolute atomic E-state index is 13.2. The number of ether oxygens (including phenoxy) is 2. The Morgan fingerprint density at radius 1 is 1.08 bits per heavy atom. The van der Waals surface area contributed by atoms with E-state index in [4.69, 9.17) is 9.47 Å². The molecule has 1 amide bonds. The number of non-ortho nitro benzene ring substituents is 1. The van der Waals surface area contributed by atoms with E-state index in [-0.39, 0.29) is 17.0 Å². The van der Waals surface area contributed by atoms with Crippen LogP contribution in [0.15, 0.2) is 54.1 Å². The van der Waals surface area contributed by atoms with Crippen LogP contribution in [0.2, 0.25) is 0 Å². The van der Waals surface area contributed by atoms with Gasteiger partial charge in [0.2, 0.25) is 0 Å². The lowest BCUT2D eigenvalue weighted by Crippen LogP contribution is -2.38. The third kappa shape index (κ3) is 5.98. The molecule has 0 aromatic heterocycles. The van der Waals surface area contributed by atoms with E-state index in [2.05, 4.69) is 4.90 Å². The second kappa shape index (κ2) is 12.0. The number of carbonyl (C=O) groups excluding carboxylic acids is 2. The molecule has 0 radical (unpaired) electrons. The molecule has 0 bridgehead atoms. The number of rotatable bonds is 10. The second-order valence-electron chi connectivity index (χ2n) is 9.02. The molecule has 2 aromatic carbocycles. The molecule has 2 aliphatic heterocycles. The number of hydrogen-bond donors (Lipinski definition) is 1. The van der Waals surface area contributed by atoms with E-state index in [9.17, 15) is 24.8 Å². The number of aliphatic hydroxyl groups is 1. The molecule has 1 N–H and O–H groups in total. The molecule has 2 saturated heterocycles. The van der Waals surface area contributed by atoms with Gasteiger partial charge in [0.05, 0.1) is 36.4 Å². The maximum Gasteiger partial charge on any atom is 0.295 e. The summed E-state index contributed by atoms with van der Waals surface area (Å²) in [5.74, 6) is -1.14. The molecule has 37 heavy (non-hydrogen) atoms. The molecule has 10 heteroatoms. The van der Waals surface area contributed by atoms with Crippen molar-refractivity contribution in [3.63, 3.8) is 0 Å². The Balaban J connectivity index is 1.65. The van der Waals surface area contributed by atoms with Crippen molar-refractivity contribution < 1.29 is 29.1 Å². The van der Waals surface area contributed by atoms with Gasteiger partial charge in [-0.3, -0.25) is 24.6 Å². The lowest BCUT2D eigenvalue weighted by atomic mass is 9.95. The molecular weight excluding hydrogens is 478 g/mol. The molecule has 2 heterocycles. The fourth-order valence-electron chi connectivity index (χ4n) is 4.61. The highest BCUT2D eigenvalue weighted by Gasteiger charge is 2.45. The SMILES string of the molecule is CCCOc1ccc(/C(O)=C2\C(=O)C(=O)N(CCCN3CCOCC3)[C@@H]2c2ccc([N+](=O)[O-])cc2)cc1. The van der Waals surface area contributed by atoms with Crippen LogP contribution in [0.3, 0.4) is 0 Å². The second-order valence-corrected chi connectivity index (χ2v) is 9.02. The number of hydrogen-bond acceptors (Lipinski definition) is 8. The van der Waals surface area contributed by atoms with E-state index in [0.717, 1.165) is 26.1 Å². The first kappa shape index (κ1) is 26.3. The summed E-state index contributed by atoms with van der Waals surface area (Å²) in [6.07, 6.45) is 1.48. The molecule has 2 fully saturated rings. The van der Waals surface area contributed by atoms with Gasteiger partial charge in [0.1, 0.15) is 11.5 Å². The van der Waals surface area contributed by atoms with Gasteiger partial charge in [0.25, 0.3) is 17.4 Å². The molecule has 4 rings (SSSR count). The minimum Gasteiger partial charge on any atom is -0.507 e. The molecular formula is C27H31N3O7. The van der Waals surface area contributed by atoms with Crippen molar-refractivity contribution in [3.05, 3.63) is 75.3 Å². The molecule has 2 aliphatic rings. The number of morpholine rings is 1. The summed E-state index contributed by atoms with van der Waals surface area (Å²) in [6.45, 7) is 6.53. The molecule has 0 unspecified atom stereocenters. The fourth-order valence-corrected chi connectivity index (χ4v) is 4.61. The molecule has 0 saturated carbocycles. The number of aliphatic hydroxyl groups excluding tert-OH is 1. The summed E-state index contributed by atoms with van der Waals surface area (Å²) >= 11 is 0. The minimum absolute atomic E-state index is 0.0348. The minimum atomic E-state index is -0.860. The number of benzene rings is 2. The number of nitrogens with zero attached hydrogens (tertiary/aromatic N) is 3. The number of Topliss-reactive ketones (excluding diaryl/α,β-unsaturated/α-hetero) is 1. The van der Waals surface area contributed by atoms with Crippen LogP contribution >= 0.6 is 0 Å². The number of carbonyl (C=O) groups is 2. The normalized spacial score (nSPS) is 19.8. The number of amides is 1.